The highest BCUT2D eigenvalue weighted by Gasteiger charge is 2.11. The number of carboxylic acid groups (broad SMARTS) is 1. The van der Waals surface area contributed by atoms with Crippen LogP contribution in [0.2, 0.25) is 0 Å². The van der Waals surface area contributed by atoms with E-state index in [1.165, 1.54) is 77.3 Å². The summed E-state index contributed by atoms with van der Waals surface area (Å²) in [7, 11) is 0. The molecule has 0 aliphatic heterocycles. The highest BCUT2D eigenvalue weighted by molar-refractivity contribution is 7.99. The molecule has 0 amide bonds. The number of aryl methyl sites for hydroxylation is 2. The van der Waals surface area contributed by atoms with Crippen LogP contribution in [0.25, 0.3) is 0 Å². The molecule has 0 saturated carbocycles. The fourth-order valence-electron chi connectivity index (χ4n) is 3.64. The highest BCUT2D eigenvalue weighted by atomic mass is 32.2. The average molecular weight is 447 g/mol. The van der Waals surface area contributed by atoms with Crippen LogP contribution in [0.3, 0.4) is 0 Å². The molecule has 30 heavy (non-hydrogen) atoms. The molecule has 0 aliphatic carbocycles. The summed E-state index contributed by atoms with van der Waals surface area (Å²) in [4.78, 5) is 16.4. The van der Waals surface area contributed by atoms with Crippen molar-refractivity contribution < 1.29 is 9.90 Å². The molecule has 1 N–H and O–H groups in total. The summed E-state index contributed by atoms with van der Waals surface area (Å²) >= 11 is 3.86. The maximum absolute atomic E-state index is 10.7. The lowest BCUT2D eigenvalue weighted by molar-refractivity contribution is -0.137. The maximum atomic E-state index is 10.7. The number of aliphatic carboxylic acids is 1. The van der Waals surface area contributed by atoms with Crippen LogP contribution in [0.1, 0.15) is 93.7 Å². The van der Waals surface area contributed by atoms with Crippen molar-refractivity contribution in [3.05, 3.63) is 46.2 Å². The lowest BCUT2D eigenvalue weighted by atomic mass is 10.1. The monoisotopic (exact) mass is 446 g/mol. The van der Waals surface area contributed by atoms with Gasteiger partial charge in [0.05, 0.1) is 0 Å². The number of thiophene rings is 1. The molecule has 0 radical (unpaired) electrons. The van der Waals surface area contributed by atoms with E-state index in [2.05, 4.69) is 43.3 Å². The molecule has 2 rings (SSSR count). The lowest BCUT2D eigenvalue weighted by Crippen LogP contribution is -1.94. The second-order valence-corrected chi connectivity index (χ2v) is 10.4. The van der Waals surface area contributed by atoms with E-state index in [9.17, 15) is 4.79 Å². The van der Waals surface area contributed by atoms with Gasteiger partial charge in [-0.05, 0) is 50.3 Å². The molecule has 0 bridgehead atoms. The molecule has 2 nitrogen and oxygen atoms in total. The molecule has 0 aliphatic rings. The van der Waals surface area contributed by atoms with Crippen LogP contribution in [0.15, 0.2) is 46.2 Å². The molecule has 0 unspecified atom stereocenters. The maximum Gasteiger partial charge on any atom is 0.303 e. The van der Waals surface area contributed by atoms with E-state index in [1.54, 1.807) is 0 Å². The second-order valence-electron chi connectivity index (χ2n) is 8.09. The van der Waals surface area contributed by atoms with Crippen LogP contribution < -0.4 is 0 Å². The SMILES string of the molecule is CCCCCCCCCCc1cc(Sc2ccccc2)c(CCCCCC(=O)O)s1. The summed E-state index contributed by atoms with van der Waals surface area (Å²) in [5.41, 5.74) is 0. The Morgan fingerprint density at radius 1 is 0.867 bits per heavy atom. The van der Waals surface area contributed by atoms with Gasteiger partial charge in [-0.2, -0.15) is 0 Å². The Kier molecular flexibility index (Phi) is 12.9. The van der Waals surface area contributed by atoms with Crippen LogP contribution in [-0.4, -0.2) is 11.1 Å². The van der Waals surface area contributed by atoms with Crippen molar-refractivity contribution in [3.8, 4) is 0 Å². The molecule has 0 atom stereocenters. The zero-order valence-electron chi connectivity index (χ0n) is 18.5. The summed E-state index contributed by atoms with van der Waals surface area (Å²) in [6, 6.07) is 13.0. The van der Waals surface area contributed by atoms with Crippen LogP contribution in [0.5, 0.6) is 0 Å². The molecule has 1 aromatic heterocycles. The molecular weight excluding hydrogens is 408 g/mol. The van der Waals surface area contributed by atoms with Crippen molar-refractivity contribution in [1.82, 2.24) is 0 Å². The van der Waals surface area contributed by atoms with Gasteiger partial charge in [-0.3, -0.25) is 4.79 Å². The van der Waals surface area contributed by atoms with E-state index in [-0.39, 0.29) is 0 Å². The van der Waals surface area contributed by atoms with E-state index in [1.807, 2.05) is 23.1 Å². The zero-order chi connectivity index (χ0) is 21.4. The van der Waals surface area contributed by atoms with Crippen LogP contribution in [0.4, 0.5) is 0 Å². The molecule has 1 aromatic carbocycles. The lowest BCUT2D eigenvalue weighted by Gasteiger charge is -2.04. The first kappa shape index (κ1) is 25.0. The molecular formula is C26H38O2S2. The minimum atomic E-state index is -0.681. The van der Waals surface area contributed by atoms with Gasteiger partial charge < -0.3 is 5.11 Å². The number of rotatable bonds is 17. The van der Waals surface area contributed by atoms with Crippen molar-refractivity contribution in [2.45, 2.75) is 107 Å². The fourth-order valence-corrected chi connectivity index (χ4v) is 6.07. The van der Waals surface area contributed by atoms with E-state index >= 15 is 0 Å². The summed E-state index contributed by atoms with van der Waals surface area (Å²) in [5.74, 6) is -0.681. The summed E-state index contributed by atoms with van der Waals surface area (Å²) in [6.07, 6.45) is 16.3. The third kappa shape index (κ3) is 10.7. The van der Waals surface area contributed by atoms with Crippen molar-refractivity contribution in [3.63, 3.8) is 0 Å². The molecule has 2 aromatic rings. The van der Waals surface area contributed by atoms with Crippen molar-refractivity contribution in [1.29, 1.82) is 0 Å². The fraction of sp³-hybridized carbons (Fsp3) is 0.577. The van der Waals surface area contributed by atoms with Gasteiger partial charge in [0, 0.05) is 26.0 Å². The summed E-state index contributed by atoms with van der Waals surface area (Å²) in [5, 5.41) is 8.81. The minimum absolute atomic E-state index is 0.291. The summed E-state index contributed by atoms with van der Waals surface area (Å²) in [6.45, 7) is 2.27. The van der Waals surface area contributed by atoms with Crippen molar-refractivity contribution in [2.75, 3.05) is 0 Å². The standard InChI is InChI=1S/C26H38O2S2/c1-2-3-4-5-6-7-8-11-18-23-21-25(29-22-16-12-9-13-17-22)24(30-23)19-14-10-15-20-26(27)28/h9,12-13,16-17,21H,2-8,10-11,14-15,18-20H2,1H3,(H,27,28). The van der Waals surface area contributed by atoms with Gasteiger partial charge in [0.2, 0.25) is 0 Å². The number of carboxylic acids is 1. The summed E-state index contributed by atoms with van der Waals surface area (Å²) < 4.78 is 0. The predicted molar refractivity (Wildman–Crippen MR) is 131 cm³/mol. The highest BCUT2D eigenvalue weighted by Crippen LogP contribution is 2.37. The Morgan fingerprint density at radius 3 is 2.20 bits per heavy atom. The largest absolute Gasteiger partial charge is 0.481 e. The van der Waals surface area contributed by atoms with Gasteiger partial charge in [0.1, 0.15) is 0 Å². The molecule has 166 valence electrons. The second kappa shape index (κ2) is 15.5. The minimum Gasteiger partial charge on any atom is -0.481 e. The van der Waals surface area contributed by atoms with Crippen LogP contribution in [-0.2, 0) is 17.6 Å². The van der Waals surface area contributed by atoms with Gasteiger partial charge in [0.15, 0.2) is 0 Å². The molecule has 0 saturated heterocycles. The number of hydrogen-bond acceptors (Lipinski definition) is 3. The smallest absolute Gasteiger partial charge is 0.303 e. The van der Waals surface area contributed by atoms with Gasteiger partial charge in [-0.1, -0.05) is 88.3 Å². The Hall–Kier alpha value is -1.26. The normalized spacial score (nSPS) is 11.1. The van der Waals surface area contributed by atoms with Crippen LogP contribution >= 0.6 is 23.1 Å². The van der Waals surface area contributed by atoms with Crippen molar-refractivity contribution >= 4 is 29.1 Å². The van der Waals surface area contributed by atoms with Crippen molar-refractivity contribution in [2.24, 2.45) is 0 Å². The first-order chi connectivity index (χ1) is 14.7. The van der Waals surface area contributed by atoms with Gasteiger partial charge in [-0.15, -0.1) is 11.3 Å². The molecule has 0 fully saturated rings. The third-order valence-electron chi connectivity index (χ3n) is 5.36. The van der Waals surface area contributed by atoms with E-state index in [4.69, 9.17) is 5.11 Å². The number of unbranched alkanes of at least 4 members (excludes halogenated alkanes) is 9. The van der Waals surface area contributed by atoms with E-state index in [0.29, 0.717) is 6.42 Å². The first-order valence-electron chi connectivity index (χ1n) is 11.8. The average Bonchev–Trinajstić information content (AvgIpc) is 3.11. The van der Waals surface area contributed by atoms with E-state index in [0.717, 1.165) is 25.7 Å². The third-order valence-corrected chi connectivity index (χ3v) is 7.84. The molecule has 1 heterocycles. The predicted octanol–water partition coefficient (Wildman–Crippen LogP) is 8.77. The molecule has 0 spiro atoms. The number of benzene rings is 1. The Morgan fingerprint density at radius 2 is 1.50 bits per heavy atom. The number of carbonyl (C=O) groups is 1. The Bertz CT molecular complexity index is 709. The Labute approximate surface area is 191 Å². The Balaban J connectivity index is 1.82. The topological polar surface area (TPSA) is 37.3 Å². The number of hydrogen-bond donors (Lipinski definition) is 1. The first-order valence-corrected chi connectivity index (χ1v) is 13.4. The van der Waals surface area contributed by atoms with Crippen LogP contribution in [0, 0.1) is 0 Å². The van der Waals surface area contributed by atoms with Gasteiger partial charge in [-0.25, -0.2) is 0 Å². The van der Waals surface area contributed by atoms with Gasteiger partial charge in [0.25, 0.3) is 0 Å². The van der Waals surface area contributed by atoms with E-state index < -0.39 is 5.97 Å². The van der Waals surface area contributed by atoms with Gasteiger partial charge >= 0.3 is 5.97 Å². The molecule has 4 heteroatoms. The zero-order valence-corrected chi connectivity index (χ0v) is 20.2. The quantitative estimate of drug-likeness (QED) is 0.247.